The number of unbranched alkanes of at least 4 members (excludes halogenated alkanes) is 12. The molecule has 0 heterocycles. The quantitative estimate of drug-likeness (QED) is 0.151. The first-order chi connectivity index (χ1) is 15.6. The Hall–Kier alpha value is -1.91. The summed E-state index contributed by atoms with van der Waals surface area (Å²) in [5, 5.41) is 0. The van der Waals surface area contributed by atoms with Crippen LogP contribution in [0.25, 0.3) is 0 Å². The van der Waals surface area contributed by atoms with Crippen LogP contribution in [0.5, 0.6) is 0 Å². The second-order valence-corrected chi connectivity index (χ2v) is 8.61. The lowest BCUT2D eigenvalue weighted by Gasteiger charge is -2.06. The normalized spacial score (nSPS) is 10.8. The molecule has 0 fully saturated rings. The van der Waals surface area contributed by atoms with E-state index in [2.05, 4.69) is 6.92 Å². The van der Waals surface area contributed by atoms with Gasteiger partial charge < -0.3 is 9.47 Å². The molecule has 32 heavy (non-hydrogen) atoms. The van der Waals surface area contributed by atoms with Crippen molar-refractivity contribution in [3.63, 3.8) is 0 Å². The summed E-state index contributed by atoms with van der Waals surface area (Å²) in [6, 6.07) is 5.95. The maximum absolute atomic E-state index is 13.1. The second-order valence-electron chi connectivity index (χ2n) is 8.61. The summed E-state index contributed by atoms with van der Waals surface area (Å²) in [6.45, 7) is 2.76. The maximum Gasteiger partial charge on any atom is 0.306 e. The predicted molar refractivity (Wildman–Crippen MR) is 127 cm³/mol. The molecule has 0 N–H and O–H groups in total. The number of ether oxygens (including phenoxy) is 2. The molecule has 1 rings (SSSR count). The van der Waals surface area contributed by atoms with E-state index in [1.165, 1.54) is 82.8 Å². The highest BCUT2D eigenvalue weighted by molar-refractivity contribution is 5.72. The number of carbonyl (C=O) groups is 2. The third-order valence-electron chi connectivity index (χ3n) is 5.56. The van der Waals surface area contributed by atoms with Crippen molar-refractivity contribution in [2.45, 2.75) is 116 Å². The minimum absolute atomic E-state index is 0.0418. The van der Waals surface area contributed by atoms with Gasteiger partial charge in [-0.25, -0.2) is 4.39 Å². The molecule has 0 aliphatic carbocycles. The Labute approximate surface area is 194 Å². The molecular formula is C27H43FO4. The molecule has 0 atom stereocenters. The van der Waals surface area contributed by atoms with Gasteiger partial charge in [-0.2, -0.15) is 0 Å². The van der Waals surface area contributed by atoms with Crippen molar-refractivity contribution in [3.05, 3.63) is 35.6 Å². The summed E-state index contributed by atoms with van der Waals surface area (Å²) < 4.78 is 23.4. The molecule has 5 heteroatoms. The van der Waals surface area contributed by atoms with E-state index in [1.54, 1.807) is 12.1 Å². The van der Waals surface area contributed by atoms with Crippen LogP contribution < -0.4 is 0 Å². The van der Waals surface area contributed by atoms with Gasteiger partial charge in [-0.3, -0.25) is 9.59 Å². The lowest BCUT2D eigenvalue weighted by atomic mass is 10.0. The van der Waals surface area contributed by atoms with Crippen molar-refractivity contribution in [1.82, 2.24) is 0 Å². The number of esters is 2. The Balaban J connectivity index is 1.85. The van der Waals surface area contributed by atoms with Crippen LogP contribution in [0, 0.1) is 5.82 Å². The second kappa shape index (κ2) is 19.8. The van der Waals surface area contributed by atoms with E-state index < -0.39 is 5.97 Å². The van der Waals surface area contributed by atoms with Crippen LogP contribution in [0.15, 0.2) is 24.3 Å². The van der Waals surface area contributed by atoms with Crippen LogP contribution in [0.4, 0.5) is 4.39 Å². The topological polar surface area (TPSA) is 52.6 Å². The largest absolute Gasteiger partial charge is 0.466 e. The van der Waals surface area contributed by atoms with Crippen LogP contribution >= 0.6 is 0 Å². The van der Waals surface area contributed by atoms with Gasteiger partial charge >= 0.3 is 11.9 Å². The number of hydrogen-bond donors (Lipinski definition) is 0. The molecule has 0 bridgehead atoms. The van der Waals surface area contributed by atoms with Gasteiger partial charge in [-0.05, 0) is 30.5 Å². The third kappa shape index (κ3) is 16.7. The average Bonchev–Trinajstić information content (AvgIpc) is 2.78. The minimum atomic E-state index is -0.390. The Morgan fingerprint density at radius 2 is 1.25 bits per heavy atom. The highest BCUT2D eigenvalue weighted by atomic mass is 19.1. The molecule has 0 aromatic heterocycles. The van der Waals surface area contributed by atoms with Gasteiger partial charge in [0.1, 0.15) is 12.4 Å². The van der Waals surface area contributed by atoms with Crippen molar-refractivity contribution in [2.24, 2.45) is 0 Å². The van der Waals surface area contributed by atoms with Crippen molar-refractivity contribution >= 4 is 11.9 Å². The summed E-state index contributed by atoms with van der Waals surface area (Å²) in [5.74, 6) is -1.01. The van der Waals surface area contributed by atoms with Crippen molar-refractivity contribution in [1.29, 1.82) is 0 Å². The van der Waals surface area contributed by atoms with Crippen LogP contribution in [0.3, 0.4) is 0 Å². The lowest BCUT2D eigenvalue weighted by molar-refractivity contribution is -0.146. The molecule has 182 valence electrons. The summed E-state index contributed by atoms with van der Waals surface area (Å²) in [5.41, 5.74) is 0.607. The SMILES string of the molecule is CCCCCCCCCCCCCCCOC(=O)CCCC(=O)OCc1cccc(F)c1. The number of rotatable bonds is 20. The van der Waals surface area contributed by atoms with E-state index >= 15 is 0 Å². The Kier molecular flexibility index (Phi) is 17.4. The fraction of sp³-hybridized carbons (Fsp3) is 0.704. The average molecular weight is 451 g/mol. The van der Waals surface area contributed by atoms with Gasteiger partial charge in [0.15, 0.2) is 0 Å². The zero-order valence-electron chi connectivity index (χ0n) is 20.0. The highest BCUT2D eigenvalue weighted by Crippen LogP contribution is 2.13. The molecule has 4 nitrogen and oxygen atoms in total. The summed E-state index contributed by atoms with van der Waals surface area (Å²) in [4.78, 5) is 23.5. The van der Waals surface area contributed by atoms with E-state index in [-0.39, 0.29) is 31.2 Å². The first-order valence-electron chi connectivity index (χ1n) is 12.7. The molecule has 0 amide bonds. The van der Waals surface area contributed by atoms with Crippen LogP contribution in [0.1, 0.15) is 115 Å². The molecule has 0 saturated carbocycles. The lowest BCUT2D eigenvalue weighted by Crippen LogP contribution is -2.09. The number of carbonyl (C=O) groups excluding carboxylic acids is 2. The number of halogens is 1. The fourth-order valence-electron chi connectivity index (χ4n) is 3.62. The molecule has 1 aromatic rings. The van der Waals surface area contributed by atoms with Crippen LogP contribution in [-0.4, -0.2) is 18.5 Å². The Bertz CT molecular complexity index is 617. The van der Waals surface area contributed by atoms with Gasteiger partial charge in [-0.1, -0.05) is 96.1 Å². The predicted octanol–water partition coefficient (Wildman–Crippen LogP) is 7.67. The van der Waals surface area contributed by atoms with Gasteiger partial charge in [-0.15, -0.1) is 0 Å². The van der Waals surface area contributed by atoms with E-state index in [0.29, 0.717) is 18.6 Å². The summed E-state index contributed by atoms with van der Waals surface area (Å²) in [6.07, 6.45) is 17.5. The van der Waals surface area contributed by atoms with E-state index in [4.69, 9.17) is 9.47 Å². The third-order valence-corrected chi connectivity index (χ3v) is 5.56. The molecule has 0 radical (unpaired) electrons. The Morgan fingerprint density at radius 3 is 1.81 bits per heavy atom. The molecule has 1 aromatic carbocycles. The highest BCUT2D eigenvalue weighted by Gasteiger charge is 2.08. The van der Waals surface area contributed by atoms with Crippen LogP contribution in [0.2, 0.25) is 0 Å². The molecular weight excluding hydrogens is 407 g/mol. The molecule has 0 saturated heterocycles. The monoisotopic (exact) mass is 450 g/mol. The van der Waals surface area contributed by atoms with Crippen LogP contribution in [-0.2, 0) is 25.7 Å². The standard InChI is InChI=1S/C27H43FO4/c1-2-3-4-5-6-7-8-9-10-11-12-13-14-21-31-26(29)19-16-20-27(30)32-23-24-17-15-18-25(28)22-24/h15,17-18,22H,2-14,16,19-21,23H2,1H3. The van der Waals surface area contributed by atoms with Gasteiger partial charge in [0, 0.05) is 12.8 Å². The molecule has 0 spiro atoms. The fourth-order valence-corrected chi connectivity index (χ4v) is 3.62. The zero-order valence-corrected chi connectivity index (χ0v) is 20.0. The smallest absolute Gasteiger partial charge is 0.306 e. The number of hydrogen-bond acceptors (Lipinski definition) is 4. The molecule has 0 aliphatic heterocycles. The van der Waals surface area contributed by atoms with E-state index in [0.717, 1.165) is 12.8 Å². The van der Waals surface area contributed by atoms with Gasteiger partial charge in [0.25, 0.3) is 0 Å². The minimum Gasteiger partial charge on any atom is -0.466 e. The molecule has 0 aliphatic rings. The Morgan fingerprint density at radius 1 is 0.719 bits per heavy atom. The first-order valence-corrected chi connectivity index (χ1v) is 12.7. The summed E-state index contributed by atoms with van der Waals surface area (Å²) in [7, 11) is 0. The maximum atomic E-state index is 13.1. The van der Waals surface area contributed by atoms with Crippen molar-refractivity contribution < 1.29 is 23.5 Å². The van der Waals surface area contributed by atoms with Gasteiger partial charge in [0.05, 0.1) is 6.61 Å². The van der Waals surface area contributed by atoms with Crippen molar-refractivity contribution in [3.8, 4) is 0 Å². The summed E-state index contributed by atoms with van der Waals surface area (Å²) >= 11 is 0. The first kappa shape index (κ1) is 28.1. The zero-order chi connectivity index (χ0) is 23.3. The molecule has 0 unspecified atom stereocenters. The number of benzene rings is 1. The van der Waals surface area contributed by atoms with Gasteiger partial charge in [0.2, 0.25) is 0 Å². The van der Waals surface area contributed by atoms with E-state index in [9.17, 15) is 14.0 Å². The van der Waals surface area contributed by atoms with E-state index in [1.807, 2.05) is 0 Å². The van der Waals surface area contributed by atoms with Crippen molar-refractivity contribution in [2.75, 3.05) is 6.61 Å².